The second-order valence-electron chi connectivity index (χ2n) is 3.62. The molecule has 0 atom stereocenters. The van der Waals surface area contributed by atoms with Crippen LogP contribution in [0, 0.1) is 0 Å². The van der Waals surface area contributed by atoms with Crippen molar-refractivity contribution in [2.24, 2.45) is 0 Å². The molecule has 0 saturated carbocycles. The first-order valence-corrected chi connectivity index (χ1v) is 6.76. The zero-order valence-electron chi connectivity index (χ0n) is 9.15. The summed E-state index contributed by atoms with van der Waals surface area (Å²) in [6, 6.07) is 8.08. The number of carbonyl (C=O) groups excluding carboxylic acids is 2. The number of hydrogen-bond acceptors (Lipinski definition) is 3. The Balaban J connectivity index is 2.15. The number of halogens is 2. The van der Waals surface area contributed by atoms with E-state index in [0.29, 0.717) is 15.5 Å². The lowest BCUT2D eigenvalue weighted by Gasteiger charge is -2.02. The number of thiophene rings is 1. The molecule has 2 aromatic rings. The summed E-state index contributed by atoms with van der Waals surface area (Å²) in [6.07, 6.45) is -0.179. The Morgan fingerprint density at radius 1 is 1.11 bits per heavy atom. The van der Waals surface area contributed by atoms with E-state index in [1.54, 1.807) is 23.6 Å². The van der Waals surface area contributed by atoms with E-state index in [0.717, 1.165) is 0 Å². The standard InChI is InChI=1S/C13H8Cl2O2S/c14-8-3-4-9(10(15)6-8)11(16)7-12(17)13-2-1-5-18-13/h1-6H,7H2. The Morgan fingerprint density at radius 3 is 2.50 bits per heavy atom. The highest BCUT2D eigenvalue weighted by atomic mass is 35.5. The van der Waals surface area contributed by atoms with Gasteiger partial charge in [-0.2, -0.15) is 0 Å². The number of carbonyl (C=O) groups is 2. The van der Waals surface area contributed by atoms with Crippen molar-refractivity contribution in [3.8, 4) is 0 Å². The average molecular weight is 299 g/mol. The van der Waals surface area contributed by atoms with Crippen molar-refractivity contribution < 1.29 is 9.59 Å². The van der Waals surface area contributed by atoms with Gasteiger partial charge in [-0.15, -0.1) is 11.3 Å². The first-order valence-electron chi connectivity index (χ1n) is 5.13. The van der Waals surface area contributed by atoms with Crippen LogP contribution in [-0.2, 0) is 0 Å². The number of rotatable bonds is 4. The highest BCUT2D eigenvalue weighted by Crippen LogP contribution is 2.23. The van der Waals surface area contributed by atoms with Gasteiger partial charge in [0.1, 0.15) is 0 Å². The zero-order chi connectivity index (χ0) is 13.1. The molecule has 0 amide bonds. The van der Waals surface area contributed by atoms with E-state index in [1.165, 1.54) is 23.5 Å². The summed E-state index contributed by atoms with van der Waals surface area (Å²) in [6.45, 7) is 0. The molecule has 18 heavy (non-hydrogen) atoms. The monoisotopic (exact) mass is 298 g/mol. The summed E-state index contributed by atoms with van der Waals surface area (Å²) in [5, 5.41) is 2.53. The fraction of sp³-hybridized carbons (Fsp3) is 0.0769. The van der Waals surface area contributed by atoms with Gasteiger partial charge < -0.3 is 0 Å². The van der Waals surface area contributed by atoms with Crippen LogP contribution in [0.4, 0.5) is 0 Å². The normalized spacial score (nSPS) is 10.3. The van der Waals surface area contributed by atoms with Crippen LogP contribution >= 0.6 is 34.5 Å². The van der Waals surface area contributed by atoms with Crippen molar-refractivity contribution in [1.29, 1.82) is 0 Å². The predicted octanol–water partition coefficient (Wildman–Crippen LogP) is 4.51. The third-order valence-electron chi connectivity index (χ3n) is 2.35. The summed E-state index contributed by atoms with van der Waals surface area (Å²) in [5.41, 5.74) is 0.325. The van der Waals surface area contributed by atoms with E-state index in [-0.39, 0.29) is 23.0 Å². The van der Waals surface area contributed by atoms with Gasteiger partial charge in [-0.1, -0.05) is 29.3 Å². The van der Waals surface area contributed by atoms with Gasteiger partial charge in [0.05, 0.1) is 16.3 Å². The van der Waals surface area contributed by atoms with Gasteiger partial charge in [0.25, 0.3) is 0 Å². The van der Waals surface area contributed by atoms with Crippen LogP contribution in [-0.4, -0.2) is 11.6 Å². The third kappa shape index (κ3) is 2.99. The smallest absolute Gasteiger partial charge is 0.180 e. The maximum absolute atomic E-state index is 11.9. The lowest BCUT2D eigenvalue weighted by atomic mass is 10.1. The van der Waals surface area contributed by atoms with Crippen molar-refractivity contribution >= 4 is 46.1 Å². The fourth-order valence-corrected chi connectivity index (χ4v) is 2.66. The molecule has 0 spiro atoms. The third-order valence-corrected chi connectivity index (χ3v) is 3.81. The molecule has 1 heterocycles. The van der Waals surface area contributed by atoms with Gasteiger partial charge >= 0.3 is 0 Å². The molecule has 0 radical (unpaired) electrons. The molecule has 5 heteroatoms. The molecule has 0 aliphatic heterocycles. The van der Waals surface area contributed by atoms with Gasteiger partial charge in [0.15, 0.2) is 11.6 Å². The molecule has 0 aliphatic carbocycles. The quantitative estimate of drug-likeness (QED) is 0.615. The van der Waals surface area contributed by atoms with E-state index in [9.17, 15) is 9.59 Å². The maximum Gasteiger partial charge on any atom is 0.180 e. The van der Waals surface area contributed by atoms with Crippen molar-refractivity contribution in [2.75, 3.05) is 0 Å². The van der Waals surface area contributed by atoms with E-state index in [1.807, 2.05) is 0 Å². The minimum atomic E-state index is -0.296. The highest BCUT2D eigenvalue weighted by molar-refractivity contribution is 7.12. The number of hydrogen-bond donors (Lipinski definition) is 0. The maximum atomic E-state index is 11.9. The SMILES string of the molecule is O=C(CC(=O)c1ccc(Cl)cc1Cl)c1cccs1. The van der Waals surface area contributed by atoms with Crippen molar-refractivity contribution in [1.82, 2.24) is 0 Å². The summed E-state index contributed by atoms with van der Waals surface area (Å²) in [7, 11) is 0. The lowest BCUT2D eigenvalue weighted by molar-refractivity contribution is 0.0896. The molecule has 0 unspecified atom stereocenters. The van der Waals surface area contributed by atoms with Crippen LogP contribution in [0.15, 0.2) is 35.7 Å². The largest absolute Gasteiger partial charge is 0.294 e. The van der Waals surface area contributed by atoms with Crippen LogP contribution in [0.25, 0.3) is 0 Å². The summed E-state index contributed by atoms with van der Waals surface area (Å²) < 4.78 is 0. The summed E-state index contributed by atoms with van der Waals surface area (Å²) in [5.74, 6) is -0.490. The molecule has 2 rings (SSSR count). The number of ketones is 2. The molecule has 2 nitrogen and oxygen atoms in total. The molecule has 0 fully saturated rings. The molecule has 0 aliphatic rings. The molecular formula is C13H8Cl2O2S. The highest BCUT2D eigenvalue weighted by Gasteiger charge is 2.16. The lowest BCUT2D eigenvalue weighted by Crippen LogP contribution is -2.07. The van der Waals surface area contributed by atoms with Gasteiger partial charge in [0.2, 0.25) is 0 Å². The first kappa shape index (κ1) is 13.3. The molecular weight excluding hydrogens is 291 g/mol. The molecule has 1 aromatic carbocycles. The Hall–Kier alpha value is -1.16. The molecule has 0 N–H and O–H groups in total. The Bertz CT molecular complexity index is 591. The molecule has 0 bridgehead atoms. The number of Topliss-reactive ketones (excluding diaryl/α,β-unsaturated/α-hetero) is 2. The zero-order valence-corrected chi connectivity index (χ0v) is 11.5. The van der Waals surface area contributed by atoms with E-state index in [2.05, 4.69) is 0 Å². The molecule has 0 saturated heterocycles. The molecule has 92 valence electrons. The van der Waals surface area contributed by atoms with Gasteiger partial charge in [-0.25, -0.2) is 0 Å². The second kappa shape index (κ2) is 5.65. The fourth-order valence-electron chi connectivity index (χ4n) is 1.48. The van der Waals surface area contributed by atoms with Crippen LogP contribution in [0.3, 0.4) is 0 Å². The Morgan fingerprint density at radius 2 is 1.89 bits per heavy atom. The van der Waals surface area contributed by atoms with Crippen LogP contribution < -0.4 is 0 Å². The van der Waals surface area contributed by atoms with Crippen molar-refractivity contribution in [3.05, 3.63) is 56.2 Å². The first-order chi connectivity index (χ1) is 8.58. The minimum absolute atomic E-state index is 0.179. The van der Waals surface area contributed by atoms with Gasteiger partial charge in [0, 0.05) is 10.6 Å². The van der Waals surface area contributed by atoms with Crippen molar-refractivity contribution in [2.45, 2.75) is 6.42 Å². The van der Waals surface area contributed by atoms with Crippen LogP contribution in [0.2, 0.25) is 10.0 Å². The summed E-state index contributed by atoms with van der Waals surface area (Å²) >= 11 is 13.0. The van der Waals surface area contributed by atoms with Crippen LogP contribution in [0.5, 0.6) is 0 Å². The van der Waals surface area contributed by atoms with E-state index in [4.69, 9.17) is 23.2 Å². The number of benzene rings is 1. The predicted molar refractivity (Wildman–Crippen MR) is 74.1 cm³/mol. The van der Waals surface area contributed by atoms with Gasteiger partial charge in [-0.05, 0) is 29.6 Å². The van der Waals surface area contributed by atoms with Crippen LogP contribution in [0.1, 0.15) is 26.5 Å². The summed E-state index contributed by atoms with van der Waals surface area (Å²) in [4.78, 5) is 24.3. The van der Waals surface area contributed by atoms with Gasteiger partial charge in [-0.3, -0.25) is 9.59 Å². The average Bonchev–Trinajstić information content (AvgIpc) is 2.81. The van der Waals surface area contributed by atoms with Crippen molar-refractivity contribution in [3.63, 3.8) is 0 Å². The minimum Gasteiger partial charge on any atom is -0.294 e. The Kier molecular flexibility index (Phi) is 4.17. The topological polar surface area (TPSA) is 34.1 Å². The molecule has 1 aromatic heterocycles. The van der Waals surface area contributed by atoms with E-state index < -0.39 is 0 Å². The Labute approximate surface area is 118 Å². The van der Waals surface area contributed by atoms with E-state index >= 15 is 0 Å². The second-order valence-corrected chi connectivity index (χ2v) is 5.42.